The van der Waals surface area contributed by atoms with E-state index in [1.54, 1.807) is 32.2 Å². The van der Waals surface area contributed by atoms with Gasteiger partial charge in [0.1, 0.15) is 25.5 Å². The molecule has 180 valence electrons. The van der Waals surface area contributed by atoms with Crippen LogP contribution in [-0.2, 0) is 14.8 Å². The van der Waals surface area contributed by atoms with Crippen LogP contribution in [0.4, 0.5) is 5.69 Å². The van der Waals surface area contributed by atoms with Crippen LogP contribution < -0.4 is 23.8 Å². The van der Waals surface area contributed by atoms with E-state index in [9.17, 15) is 13.2 Å². The molecular weight excluding hydrogens is 444 g/mol. The minimum absolute atomic E-state index is 0.136. The number of nitrogens with zero attached hydrogens (tertiary/aromatic N) is 1. The predicted octanol–water partition coefficient (Wildman–Crippen LogP) is 3.53. The maximum atomic E-state index is 13.1. The molecule has 3 rings (SSSR count). The van der Waals surface area contributed by atoms with Crippen molar-refractivity contribution in [3.8, 4) is 17.2 Å². The number of nitrogens with one attached hydrogen (secondary N) is 1. The number of hydrogen-bond donors (Lipinski definition) is 1. The SMILES string of the molecule is CCS(=O)(=O)N(CC(=O)NC(CC(C)C)c1ccc(OC)cc1)c1ccc2c(c1)OCCO2. The molecule has 2 aromatic rings. The molecule has 1 atom stereocenters. The summed E-state index contributed by atoms with van der Waals surface area (Å²) in [5.74, 6) is 1.55. The monoisotopic (exact) mass is 476 g/mol. The summed E-state index contributed by atoms with van der Waals surface area (Å²) in [5.41, 5.74) is 1.29. The van der Waals surface area contributed by atoms with E-state index in [4.69, 9.17) is 14.2 Å². The van der Waals surface area contributed by atoms with E-state index in [2.05, 4.69) is 19.2 Å². The summed E-state index contributed by atoms with van der Waals surface area (Å²) < 4.78 is 43.2. The zero-order valence-electron chi connectivity index (χ0n) is 19.5. The minimum Gasteiger partial charge on any atom is -0.497 e. The fourth-order valence-electron chi connectivity index (χ4n) is 3.65. The highest BCUT2D eigenvalue weighted by Crippen LogP contribution is 2.35. The lowest BCUT2D eigenvalue weighted by Crippen LogP contribution is -2.42. The highest BCUT2D eigenvalue weighted by Gasteiger charge is 2.27. The van der Waals surface area contributed by atoms with Crippen molar-refractivity contribution >= 4 is 21.6 Å². The summed E-state index contributed by atoms with van der Waals surface area (Å²) in [6.45, 7) is 6.19. The summed E-state index contributed by atoms with van der Waals surface area (Å²) in [5, 5.41) is 3.02. The number of amides is 1. The molecule has 0 aromatic heterocycles. The van der Waals surface area contributed by atoms with Gasteiger partial charge in [-0.15, -0.1) is 0 Å². The average molecular weight is 477 g/mol. The Morgan fingerprint density at radius 1 is 1.09 bits per heavy atom. The van der Waals surface area contributed by atoms with Gasteiger partial charge in [0.25, 0.3) is 0 Å². The number of ether oxygens (including phenoxy) is 3. The van der Waals surface area contributed by atoms with E-state index in [1.807, 2.05) is 24.3 Å². The molecule has 0 fully saturated rings. The van der Waals surface area contributed by atoms with Crippen LogP contribution >= 0.6 is 0 Å². The van der Waals surface area contributed by atoms with Crippen molar-refractivity contribution in [3.63, 3.8) is 0 Å². The molecule has 1 N–H and O–H groups in total. The van der Waals surface area contributed by atoms with E-state index in [0.717, 1.165) is 15.6 Å². The molecule has 0 saturated heterocycles. The maximum Gasteiger partial charge on any atom is 0.241 e. The Hall–Kier alpha value is -2.94. The molecule has 8 nitrogen and oxygen atoms in total. The Balaban J connectivity index is 1.83. The van der Waals surface area contributed by atoms with Crippen molar-refractivity contribution in [2.24, 2.45) is 5.92 Å². The summed E-state index contributed by atoms with van der Waals surface area (Å²) >= 11 is 0. The maximum absolute atomic E-state index is 13.1. The summed E-state index contributed by atoms with van der Waals surface area (Å²) in [6, 6.07) is 12.2. The average Bonchev–Trinajstić information content (AvgIpc) is 2.81. The van der Waals surface area contributed by atoms with Gasteiger partial charge in [0.15, 0.2) is 11.5 Å². The normalized spacial score (nSPS) is 14.0. The van der Waals surface area contributed by atoms with Crippen LogP contribution in [0, 0.1) is 5.92 Å². The molecule has 0 aliphatic carbocycles. The zero-order chi connectivity index (χ0) is 24.0. The Bertz CT molecular complexity index is 1050. The second kappa shape index (κ2) is 10.8. The van der Waals surface area contributed by atoms with Crippen LogP contribution in [0.3, 0.4) is 0 Å². The number of sulfonamides is 1. The first-order chi connectivity index (χ1) is 15.7. The lowest BCUT2D eigenvalue weighted by atomic mass is 9.97. The van der Waals surface area contributed by atoms with Crippen molar-refractivity contribution in [2.45, 2.75) is 33.2 Å². The van der Waals surface area contributed by atoms with Crippen molar-refractivity contribution in [3.05, 3.63) is 48.0 Å². The van der Waals surface area contributed by atoms with Gasteiger partial charge in [-0.1, -0.05) is 26.0 Å². The third-order valence-electron chi connectivity index (χ3n) is 5.36. The Kier molecular flexibility index (Phi) is 8.07. The molecule has 1 aliphatic heterocycles. The van der Waals surface area contributed by atoms with Crippen LogP contribution in [0.25, 0.3) is 0 Å². The van der Waals surface area contributed by atoms with E-state index >= 15 is 0 Å². The molecular formula is C24H32N2O6S. The van der Waals surface area contributed by atoms with Crippen molar-refractivity contribution in [1.29, 1.82) is 0 Å². The van der Waals surface area contributed by atoms with Crippen LogP contribution in [0.15, 0.2) is 42.5 Å². The molecule has 1 aliphatic rings. The molecule has 0 radical (unpaired) electrons. The number of carbonyl (C=O) groups excluding carboxylic acids is 1. The third-order valence-corrected chi connectivity index (χ3v) is 7.10. The molecule has 2 aromatic carbocycles. The second-order valence-electron chi connectivity index (χ2n) is 8.26. The van der Waals surface area contributed by atoms with Gasteiger partial charge in [-0.05, 0) is 49.1 Å². The van der Waals surface area contributed by atoms with Gasteiger partial charge in [-0.2, -0.15) is 0 Å². The van der Waals surface area contributed by atoms with Crippen molar-refractivity contribution in [2.75, 3.05) is 36.9 Å². The van der Waals surface area contributed by atoms with E-state index in [1.165, 1.54) is 0 Å². The highest BCUT2D eigenvalue weighted by molar-refractivity contribution is 7.92. The molecule has 0 spiro atoms. The molecule has 33 heavy (non-hydrogen) atoms. The van der Waals surface area contributed by atoms with Crippen molar-refractivity contribution < 1.29 is 27.4 Å². The van der Waals surface area contributed by atoms with Gasteiger partial charge in [-0.3, -0.25) is 9.10 Å². The van der Waals surface area contributed by atoms with Crippen molar-refractivity contribution in [1.82, 2.24) is 5.32 Å². The van der Waals surface area contributed by atoms with Gasteiger partial charge in [-0.25, -0.2) is 8.42 Å². The summed E-state index contributed by atoms with van der Waals surface area (Å²) in [4.78, 5) is 13.1. The first kappa shape index (κ1) is 24.7. The van der Waals surface area contributed by atoms with Gasteiger partial charge < -0.3 is 19.5 Å². The van der Waals surface area contributed by atoms with Crippen LogP contribution in [0.1, 0.15) is 38.8 Å². The number of benzene rings is 2. The van der Waals surface area contributed by atoms with E-state index in [-0.39, 0.29) is 24.2 Å². The molecule has 0 saturated carbocycles. The van der Waals surface area contributed by atoms with Crippen LogP contribution in [0.5, 0.6) is 17.2 Å². The highest BCUT2D eigenvalue weighted by atomic mass is 32.2. The zero-order valence-corrected chi connectivity index (χ0v) is 20.4. The van der Waals surface area contributed by atoms with E-state index < -0.39 is 10.0 Å². The Morgan fingerprint density at radius 2 is 1.76 bits per heavy atom. The van der Waals surface area contributed by atoms with E-state index in [0.29, 0.717) is 42.7 Å². The Morgan fingerprint density at radius 3 is 2.36 bits per heavy atom. The topological polar surface area (TPSA) is 94.2 Å². The number of rotatable bonds is 10. The summed E-state index contributed by atoms with van der Waals surface area (Å²) in [6.07, 6.45) is 0.711. The largest absolute Gasteiger partial charge is 0.497 e. The fourth-order valence-corrected chi connectivity index (χ4v) is 4.71. The molecule has 1 amide bonds. The first-order valence-corrected chi connectivity index (χ1v) is 12.7. The smallest absolute Gasteiger partial charge is 0.241 e. The molecule has 0 bridgehead atoms. The van der Waals surface area contributed by atoms with Gasteiger partial charge in [0, 0.05) is 6.07 Å². The summed E-state index contributed by atoms with van der Waals surface area (Å²) in [7, 11) is -2.11. The van der Waals surface area contributed by atoms with Gasteiger partial charge in [0.2, 0.25) is 15.9 Å². The molecule has 1 unspecified atom stereocenters. The number of fused-ring (bicyclic) bond motifs is 1. The number of methoxy groups -OCH3 is 1. The number of anilines is 1. The van der Waals surface area contributed by atoms with Crippen LogP contribution in [0.2, 0.25) is 0 Å². The minimum atomic E-state index is -3.71. The number of hydrogen-bond acceptors (Lipinski definition) is 6. The third kappa shape index (κ3) is 6.31. The fraction of sp³-hybridized carbons (Fsp3) is 0.458. The standard InChI is InChI=1S/C24H32N2O6S/c1-5-33(28,29)26(19-8-11-22-23(15-19)32-13-12-31-22)16-24(27)25-21(14-17(2)3)18-6-9-20(30-4)10-7-18/h6-11,15,17,21H,5,12-14,16H2,1-4H3,(H,25,27). The molecule has 1 heterocycles. The van der Waals surface area contributed by atoms with Gasteiger partial charge in [0.05, 0.1) is 24.6 Å². The van der Waals surface area contributed by atoms with Crippen LogP contribution in [-0.4, -0.2) is 46.9 Å². The Labute approximate surface area is 195 Å². The molecule has 9 heteroatoms. The first-order valence-electron chi connectivity index (χ1n) is 11.1. The quantitative estimate of drug-likeness (QED) is 0.564. The predicted molar refractivity (Wildman–Crippen MR) is 128 cm³/mol. The lowest BCUT2D eigenvalue weighted by Gasteiger charge is -2.27. The number of carbonyl (C=O) groups is 1. The second-order valence-corrected chi connectivity index (χ2v) is 10.4. The lowest BCUT2D eigenvalue weighted by molar-refractivity contribution is -0.120. The van der Waals surface area contributed by atoms with Gasteiger partial charge >= 0.3 is 0 Å².